The summed E-state index contributed by atoms with van der Waals surface area (Å²) >= 11 is 1.80. The number of fused-ring (bicyclic) bond motifs is 2. The predicted octanol–water partition coefficient (Wildman–Crippen LogP) is 8.39. The maximum absolute atomic E-state index is 12.6. The minimum Gasteiger partial charge on any atom is -0.462 e. The Balaban J connectivity index is 1.67. The fourth-order valence-electron chi connectivity index (χ4n) is 4.51. The first kappa shape index (κ1) is 27.5. The number of unbranched alkanes of at least 4 members (excludes halogenated alkanes) is 3. The van der Waals surface area contributed by atoms with Gasteiger partial charge in [0.2, 0.25) is 0 Å². The van der Waals surface area contributed by atoms with Crippen molar-refractivity contribution in [3.05, 3.63) is 82.9 Å². The third-order valence-corrected chi connectivity index (χ3v) is 7.53. The molecule has 0 saturated carbocycles. The van der Waals surface area contributed by atoms with Crippen molar-refractivity contribution in [2.75, 3.05) is 24.7 Å². The van der Waals surface area contributed by atoms with E-state index in [9.17, 15) is 9.59 Å². The zero-order valence-electron chi connectivity index (χ0n) is 22.4. The molecule has 0 amide bonds. The number of benzene rings is 3. The van der Waals surface area contributed by atoms with E-state index in [1.807, 2.05) is 12.2 Å². The zero-order chi connectivity index (χ0) is 26.9. The highest BCUT2D eigenvalue weighted by atomic mass is 32.2. The standard InChI is InChI=1S/C32H35NO4S/c1-4-7-8-11-20-33-27-12-9-10-13-29(27)38-30-19-15-23(21-28(30)33)14-16-24-22-25(31(34)36-5-2)17-18-26(24)32(35)37-6-3/h9-10,12-19,21-22H,4-8,11,20H2,1-3H3. The van der Waals surface area contributed by atoms with Crippen LogP contribution in [0.15, 0.2) is 70.5 Å². The molecule has 1 heterocycles. The van der Waals surface area contributed by atoms with Crippen LogP contribution in [-0.2, 0) is 9.47 Å². The van der Waals surface area contributed by atoms with E-state index in [-0.39, 0.29) is 13.2 Å². The summed E-state index contributed by atoms with van der Waals surface area (Å²) in [5, 5.41) is 0. The van der Waals surface area contributed by atoms with E-state index in [1.54, 1.807) is 43.8 Å². The summed E-state index contributed by atoms with van der Waals surface area (Å²) in [7, 11) is 0. The smallest absolute Gasteiger partial charge is 0.338 e. The van der Waals surface area contributed by atoms with Crippen molar-refractivity contribution in [1.29, 1.82) is 0 Å². The van der Waals surface area contributed by atoms with Crippen LogP contribution in [0, 0.1) is 0 Å². The molecule has 0 radical (unpaired) electrons. The van der Waals surface area contributed by atoms with Gasteiger partial charge >= 0.3 is 11.9 Å². The predicted molar refractivity (Wildman–Crippen MR) is 155 cm³/mol. The van der Waals surface area contributed by atoms with Crippen molar-refractivity contribution in [2.24, 2.45) is 0 Å². The summed E-state index contributed by atoms with van der Waals surface area (Å²) < 4.78 is 10.4. The molecule has 4 rings (SSSR count). The lowest BCUT2D eigenvalue weighted by atomic mass is 10.0. The Morgan fingerprint density at radius 3 is 2.34 bits per heavy atom. The maximum atomic E-state index is 12.6. The Hall–Kier alpha value is -3.51. The molecule has 198 valence electrons. The Labute approximate surface area is 229 Å². The van der Waals surface area contributed by atoms with Crippen LogP contribution in [0.5, 0.6) is 0 Å². The van der Waals surface area contributed by atoms with E-state index in [4.69, 9.17) is 9.47 Å². The molecule has 0 N–H and O–H groups in total. The first-order chi connectivity index (χ1) is 18.5. The first-order valence-corrected chi connectivity index (χ1v) is 14.2. The molecular formula is C32H35NO4S. The lowest BCUT2D eigenvalue weighted by Crippen LogP contribution is -2.22. The Morgan fingerprint density at radius 1 is 0.789 bits per heavy atom. The highest BCUT2D eigenvalue weighted by Crippen LogP contribution is 2.48. The number of anilines is 2. The summed E-state index contributed by atoms with van der Waals surface area (Å²) in [6.45, 7) is 7.31. The average molecular weight is 530 g/mol. The van der Waals surface area contributed by atoms with Crippen LogP contribution in [0.1, 0.15) is 78.3 Å². The number of hydrogen-bond donors (Lipinski definition) is 0. The van der Waals surface area contributed by atoms with Crippen LogP contribution in [-0.4, -0.2) is 31.7 Å². The third-order valence-electron chi connectivity index (χ3n) is 6.40. The number of carbonyl (C=O) groups is 2. The van der Waals surface area contributed by atoms with Crippen molar-refractivity contribution < 1.29 is 19.1 Å². The largest absolute Gasteiger partial charge is 0.462 e. The number of ether oxygens (including phenoxy) is 2. The molecule has 5 nitrogen and oxygen atoms in total. The molecule has 0 saturated heterocycles. The van der Waals surface area contributed by atoms with Gasteiger partial charge in [-0.1, -0.05) is 68.3 Å². The molecule has 1 aliphatic rings. The van der Waals surface area contributed by atoms with Crippen molar-refractivity contribution in [2.45, 2.75) is 56.2 Å². The van der Waals surface area contributed by atoms with Gasteiger partial charge in [-0.15, -0.1) is 0 Å². The minimum absolute atomic E-state index is 0.277. The highest BCUT2D eigenvalue weighted by molar-refractivity contribution is 7.99. The zero-order valence-corrected chi connectivity index (χ0v) is 23.2. The van der Waals surface area contributed by atoms with E-state index in [0.717, 1.165) is 18.5 Å². The Kier molecular flexibility index (Phi) is 9.66. The maximum Gasteiger partial charge on any atom is 0.338 e. The normalized spacial score (nSPS) is 12.2. The average Bonchev–Trinajstić information content (AvgIpc) is 2.93. The summed E-state index contributed by atoms with van der Waals surface area (Å²) in [5.41, 5.74) is 4.88. The van der Waals surface area contributed by atoms with Gasteiger partial charge in [0.1, 0.15) is 0 Å². The van der Waals surface area contributed by atoms with E-state index < -0.39 is 11.9 Å². The van der Waals surface area contributed by atoms with Gasteiger partial charge in [0.25, 0.3) is 0 Å². The second-order valence-electron chi connectivity index (χ2n) is 9.09. The van der Waals surface area contributed by atoms with Crippen molar-refractivity contribution in [3.8, 4) is 0 Å². The molecule has 3 aromatic rings. The fraction of sp³-hybridized carbons (Fsp3) is 0.312. The minimum atomic E-state index is -0.417. The van der Waals surface area contributed by atoms with Crippen LogP contribution in [0.4, 0.5) is 11.4 Å². The number of esters is 2. The number of hydrogen-bond acceptors (Lipinski definition) is 6. The molecule has 0 bridgehead atoms. The molecular weight excluding hydrogens is 494 g/mol. The van der Waals surface area contributed by atoms with Gasteiger partial charge in [0, 0.05) is 16.3 Å². The third kappa shape index (κ3) is 6.48. The second kappa shape index (κ2) is 13.3. The molecule has 0 aliphatic carbocycles. The Morgan fingerprint density at radius 2 is 1.55 bits per heavy atom. The topological polar surface area (TPSA) is 55.8 Å². The lowest BCUT2D eigenvalue weighted by Gasteiger charge is -2.33. The van der Waals surface area contributed by atoms with Gasteiger partial charge in [-0.3, -0.25) is 0 Å². The monoisotopic (exact) mass is 529 g/mol. The Bertz CT molecular complexity index is 1320. The van der Waals surface area contributed by atoms with Crippen LogP contribution in [0.3, 0.4) is 0 Å². The van der Waals surface area contributed by atoms with Gasteiger partial charge in [0.05, 0.1) is 35.7 Å². The van der Waals surface area contributed by atoms with Gasteiger partial charge < -0.3 is 14.4 Å². The van der Waals surface area contributed by atoms with Crippen molar-refractivity contribution in [3.63, 3.8) is 0 Å². The second-order valence-corrected chi connectivity index (χ2v) is 10.2. The molecule has 1 aliphatic heterocycles. The van der Waals surface area contributed by atoms with Crippen LogP contribution < -0.4 is 4.90 Å². The van der Waals surface area contributed by atoms with E-state index in [0.29, 0.717) is 16.7 Å². The summed E-state index contributed by atoms with van der Waals surface area (Å²) in [6, 6.07) is 19.9. The number of rotatable bonds is 11. The number of para-hydroxylation sites is 1. The lowest BCUT2D eigenvalue weighted by molar-refractivity contribution is 0.0511. The van der Waals surface area contributed by atoms with E-state index in [1.165, 1.54) is 40.4 Å². The summed E-state index contributed by atoms with van der Waals surface area (Å²) in [6.07, 6.45) is 8.65. The molecule has 6 heteroatoms. The van der Waals surface area contributed by atoms with Crippen LogP contribution in [0.25, 0.3) is 12.2 Å². The number of carbonyl (C=O) groups excluding carboxylic acids is 2. The van der Waals surface area contributed by atoms with Crippen LogP contribution >= 0.6 is 11.8 Å². The fourth-order valence-corrected chi connectivity index (χ4v) is 5.59. The van der Waals surface area contributed by atoms with Gasteiger partial charge in [0.15, 0.2) is 0 Å². The molecule has 0 unspecified atom stereocenters. The summed E-state index contributed by atoms with van der Waals surface area (Å²) in [4.78, 5) is 29.9. The molecule has 3 aromatic carbocycles. The van der Waals surface area contributed by atoms with E-state index in [2.05, 4.69) is 54.3 Å². The van der Waals surface area contributed by atoms with Gasteiger partial charge in [-0.05, 0) is 73.9 Å². The van der Waals surface area contributed by atoms with Gasteiger partial charge in [-0.25, -0.2) is 9.59 Å². The van der Waals surface area contributed by atoms with Crippen LogP contribution in [0.2, 0.25) is 0 Å². The SMILES string of the molecule is CCCCCCN1c2ccccc2Sc2ccc(C=Cc3cc(C(=O)OCC)ccc3C(=O)OCC)cc21. The van der Waals surface area contributed by atoms with Crippen molar-refractivity contribution in [1.82, 2.24) is 0 Å². The van der Waals surface area contributed by atoms with Gasteiger partial charge in [-0.2, -0.15) is 0 Å². The molecule has 0 fully saturated rings. The molecule has 0 spiro atoms. The molecule has 38 heavy (non-hydrogen) atoms. The van der Waals surface area contributed by atoms with Crippen molar-refractivity contribution >= 4 is 47.2 Å². The highest BCUT2D eigenvalue weighted by Gasteiger charge is 2.23. The summed E-state index contributed by atoms with van der Waals surface area (Å²) in [5.74, 6) is -0.833. The number of nitrogens with zero attached hydrogens (tertiary/aromatic N) is 1. The first-order valence-electron chi connectivity index (χ1n) is 13.4. The van der Waals surface area contributed by atoms with E-state index >= 15 is 0 Å². The molecule has 0 atom stereocenters. The molecule has 0 aromatic heterocycles. The quantitative estimate of drug-likeness (QED) is 0.141.